The number of carbonyl (C=O) groups is 1. The highest BCUT2D eigenvalue weighted by Gasteiger charge is 2.17. The Hall–Kier alpha value is -3.18. The van der Waals surface area contributed by atoms with Gasteiger partial charge in [0.25, 0.3) is 5.91 Å². The third kappa shape index (κ3) is 3.17. The molecule has 0 saturated carbocycles. The number of aromatic nitrogens is 2. The van der Waals surface area contributed by atoms with Crippen LogP contribution in [0.4, 0.5) is 0 Å². The van der Waals surface area contributed by atoms with Gasteiger partial charge in [-0.1, -0.05) is 42.5 Å². The fourth-order valence-corrected chi connectivity index (χ4v) is 3.54. The van der Waals surface area contributed by atoms with Crippen molar-refractivity contribution in [3.8, 4) is 0 Å². The average Bonchev–Trinajstić information content (AvgIpc) is 3.08. The zero-order valence-corrected chi connectivity index (χ0v) is 15.4. The Morgan fingerprint density at radius 3 is 2.78 bits per heavy atom. The van der Waals surface area contributed by atoms with Gasteiger partial charge in [-0.3, -0.25) is 4.79 Å². The Morgan fingerprint density at radius 1 is 1.19 bits per heavy atom. The molecule has 0 aliphatic rings. The molecule has 0 aliphatic heterocycles. The van der Waals surface area contributed by atoms with E-state index in [1.165, 1.54) is 5.39 Å². The molecule has 0 saturated heterocycles. The van der Waals surface area contributed by atoms with E-state index >= 15 is 0 Å². The SMILES string of the molecule is Cc1cc2[nH]c(CN)nc2cc1C(=O)N[C@H](C)c1cccc2ccccc12. The number of nitrogens with two attached hydrogens (primary N) is 1. The molecule has 0 aliphatic carbocycles. The number of carbonyl (C=O) groups excluding carboxylic acids is 1. The van der Waals surface area contributed by atoms with Gasteiger partial charge in [-0.25, -0.2) is 4.98 Å². The maximum absolute atomic E-state index is 12.9. The highest BCUT2D eigenvalue weighted by Crippen LogP contribution is 2.25. The molecule has 5 nitrogen and oxygen atoms in total. The molecule has 0 bridgehead atoms. The number of imidazole rings is 1. The highest BCUT2D eigenvalue weighted by atomic mass is 16.1. The van der Waals surface area contributed by atoms with Gasteiger partial charge in [0.1, 0.15) is 5.82 Å². The monoisotopic (exact) mass is 358 g/mol. The minimum Gasteiger partial charge on any atom is -0.345 e. The second-order valence-corrected chi connectivity index (χ2v) is 6.84. The van der Waals surface area contributed by atoms with Crippen LogP contribution in [0.1, 0.15) is 40.3 Å². The zero-order valence-electron chi connectivity index (χ0n) is 15.4. The standard InChI is InChI=1S/C22H22N4O/c1-13-10-19-20(26-21(12-23)25-19)11-18(13)22(27)24-14(2)16-9-5-7-15-6-3-4-8-17(15)16/h3-11,14H,12,23H2,1-2H3,(H,24,27)(H,25,26)/t14-/m1/s1. The number of hydrogen-bond donors (Lipinski definition) is 3. The number of rotatable bonds is 4. The van der Waals surface area contributed by atoms with Crippen molar-refractivity contribution in [2.45, 2.75) is 26.4 Å². The van der Waals surface area contributed by atoms with Crippen molar-refractivity contribution >= 4 is 27.7 Å². The fraction of sp³-hybridized carbons (Fsp3) is 0.182. The van der Waals surface area contributed by atoms with Crippen LogP contribution in [-0.2, 0) is 6.54 Å². The van der Waals surface area contributed by atoms with Gasteiger partial charge >= 0.3 is 0 Å². The van der Waals surface area contributed by atoms with Crippen molar-refractivity contribution in [2.24, 2.45) is 5.73 Å². The minimum atomic E-state index is -0.113. The van der Waals surface area contributed by atoms with Gasteiger partial charge in [0.15, 0.2) is 0 Å². The molecule has 1 heterocycles. The van der Waals surface area contributed by atoms with E-state index < -0.39 is 0 Å². The van der Waals surface area contributed by atoms with Crippen LogP contribution in [0.5, 0.6) is 0 Å². The Bertz CT molecular complexity index is 1140. The van der Waals surface area contributed by atoms with Gasteiger partial charge in [0.05, 0.1) is 23.6 Å². The van der Waals surface area contributed by atoms with E-state index in [0.29, 0.717) is 17.9 Å². The number of benzene rings is 3. The summed E-state index contributed by atoms with van der Waals surface area (Å²) in [6, 6.07) is 18.0. The molecule has 1 amide bonds. The Kier molecular flexibility index (Phi) is 4.38. The lowest BCUT2D eigenvalue weighted by molar-refractivity contribution is 0.0939. The topological polar surface area (TPSA) is 83.8 Å². The summed E-state index contributed by atoms with van der Waals surface area (Å²) in [5.74, 6) is 0.609. The van der Waals surface area contributed by atoms with Crippen LogP contribution in [0.15, 0.2) is 54.6 Å². The van der Waals surface area contributed by atoms with Gasteiger partial charge in [0.2, 0.25) is 0 Å². The van der Waals surface area contributed by atoms with Crippen LogP contribution in [0, 0.1) is 6.92 Å². The molecule has 4 rings (SSSR count). The lowest BCUT2D eigenvalue weighted by Gasteiger charge is -2.17. The molecule has 1 aromatic heterocycles. The van der Waals surface area contributed by atoms with Crippen LogP contribution >= 0.6 is 0 Å². The van der Waals surface area contributed by atoms with Gasteiger partial charge in [-0.2, -0.15) is 0 Å². The van der Waals surface area contributed by atoms with Crippen LogP contribution in [0.3, 0.4) is 0 Å². The maximum Gasteiger partial charge on any atom is 0.252 e. The predicted octanol–water partition coefficient (Wildman–Crippen LogP) is 3.97. The summed E-state index contributed by atoms with van der Waals surface area (Å²) in [6.45, 7) is 4.28. The molecule has 27 heavy (non-hydrogen) atoms. The van der Waals surface area contributed by atoms with Crippen LogP contribution in [0.25, 0.3) is 21.8 Å². The van der Waals surface area contributed by atoms with E-state index in [0.717, 1.165) is 27.5 Å². The second-order valence-electron chi connectivity index (χ2n) is 6.84. The number of nitrogens with zero attached hydrogens (tertiary/aromatic N) is 1. The van der Waals surface area contributed by atoms with E-state index in [2.05, 4.69) is 39.6 Å². The summed E-state index contributed by atoms with van der Waals surface area (Å²) in [5.41, 5.74) is 9.93. The lowest BCUT2D eigenvalue weighted by atomic mass is 9.99. The van der Waals surface area contributed by atoms with Crippen molar-refractivity contribution in [1.29, 1.82) is 0 Å². The van der Waals surface area contributed by atoms with Gasteiger partial charge in [-0.05, 0) is 47.9 Å². The molecule has 4 N–H and O–H groups in total. The first kappa shape index (κ1) is 17.2. The zero-order chi connectivity index (χ0) is 19.0. The molecule has 0 unspecified atom stereocenters. The Morgan fingerprint density at radius 2 is 1.96 bits per heavy atom. The number of fused-ring (bicyclic) bond motifs is 2. The van der Waals surface area contributed by atoms with E-state index in [1.807, 2.05) is 44.2 Å². The molecule has 5 heteroatoms. The van der Waals surface area contributed by atoms with Crippen LogP contribution in [0.2, 0.25) is 0 Å². The van der Waals surface area contributed by atoms with Crippen molar-refractivity contribution < 1.29 is 4.79 Å². The number of aromatic amines is 1. The predicted molar refractivity (Wildman–Crippen MR) is 109 cm³/mol. The van der Waals surface area contributed by atoms with Crippen LogP contribution in [-0.4, -0.2) is 15.9 Å². The minimum absolute atomic E-state index is 0.105. The second kappa shape index (κ2) is 6.85. The quantitative estimate of drug-likeness (QED) is 0.516. The number of nitrogens with one attached hydrogen (secondary N) is 2. The lowest BCUT2D eigenvalue weighted by Crippen LogP contribution is -2.27. The highest BCUT2D eigenvalue weighted by molar-refractivity contribution is 5.99. The van der Waals surface area contributed by atoms with E-state index in [9.17, 15) is 4.79 Å². The summed E-state index contributed by atoms with van der Waals surface area (Å²) in [4.78, 5) is 20.5. The summed E-state index contributed by atoms with van der Waals surface area (Å²) in [7, 11) is 0. The molecule has 0 spiro atoms. The third-order valence-corrected chi connectivity index (χ3v) is 4.95. The molecule has 0 fully saturated rings. The van der Waals surface area contributed by atoms with Gasteiger partial charge in [-0.15, -0.1) is 0 Å². The van der Waals surface area contributed by atoms with Crippen LogP contribution < -0.4 is 11.1 Å². The molecule has 136 valence electrons. The summed E-state index contributed by atoms with van der Waals surface area (Å²) in [5, 5.41) is 5.45. The van der Waals surface area contributed by atoms with Crippen molar-refractivity contribution in [3.63, 3.8) is 0 Å². The molecule has 0 radical (unpaired) electrons. The molecule has 4 aromatic rings. The largest absolute Gasteiger partial charge is 0.345 e. The number of aryl methyl sites for hydroxylation is 1. The van der Waals surface area contributed by atoms with E-state index in [4.69, 9.17) is 5.73 Å². The smallest absolute Gasteiger partial charge is 0.252 e. The molecular formula is C22H22N4O. The molecule has 3 aromatic carbocycles. The summed E-state index contributed by atoms with van der Waals surface area (Å²) < 4.78 is 0. The van der Waals surface area contributed by atoms with Gasteiger partial charge < -0.3 is 16.0 Å². The number of amides is 1. The van der Waals surface area contributed by atoms with Crippen molar-refractivity contribution in [1.82, 2.24) is 15.3 Å². The molecule has 1 atom stereocenters. The fourth-order valence-electron chi connectivity index (χ4n) is 3.54. The summed E-state index contributed by atoms with van der Waals surface area (Å²) >= 11 is 0. The number of H-pyrrole nitrogens is 1. The summed E-state index contributed by atoms with van der Waals surface area (Å²) in [6.07, 6.45) is 0. The third-order valence-electron chi connectivity index (χ3n) is 4.95. The first-order valence-corrected chi connectivity index (χ1v) is 9.04. The average molecular weight is 358 g/mol. The first-order chi connectivity index (χ1) is 13.1. The number of hydrogen-bond acceptors (Lipinski definition) is 3. The first-order valence-electron chi connectivity index (χ1n) is 9.04. The maximum atomic E-state index is 12.9. The van der Waals surface area contributed by atoms with E-state index in [1.54, 1.807) is 0 Å². The Labute approximate surface area is 157 Å². The van der Waals surface area contributed by atoms with Crippen molar-refractivity contribution in [3.05, 3.63) is 77.1 Å². The van der Waals surface area contributed by atoms with E-state index in [-0.39, 0.29) is 11.9 Å². The van der Waals surface area contributed by atoms with Gasteiger partial charge in [0, 0.05) is 5.56 Å². The van der Waals surface area contributed by atoms with Crippen molar-refractivity contribution in [2.75, 3.05) is 0 Å². The normalized spacial score (nSPS) is 12.4. The Balaban J connectivity index is 1.65. The molecular weight excluding hydrogens is 336 g/mol.